The molecule has 7 rings (SSSR count). The van der Waals surface area contributed by atoms with E-state index in [0.29, 0.717) is 32.7 Å². The van der Waals surface area contributed by atoms with Crippen molar-refractivity contribution >= 4 is 35.1 Å². The first-order valence-corrected chi connectivity index (χ1v) is 18.0. The minimum atomic E-state index is -4.70. The number of pyridine rings is 1. The van der Waals surface area contributed by atoms with Gasteiger partial charge in [0.15, 0.2) is 0 Å². The number of amides is 3. The van der Waals surface area contributed by atoms with Crippen molar-refractivity contribution in [2.45, 2.75) is 44.4 Å². The summed E-state index contributed by atoms with van der Waals surface area (Å²) in [4.78, 5) is 54.1. The molecule has 0 unspecified atom stereocenters. The first kappa shape index (κ1) is 37.5. The highest BCUT2D eigenvalue weighted by Crippen LogP contribution is 2.41. The van der Waals surface area contributed by atoms with Crippen LogP contribution in [0.1, 0.15) is 23.2 Å². The summed E-state index contributed by atoms with van der Waals surface area (Å²) in [6, 6.07) is 14.2. The second kappa shape index (κ2) is 15.1. The van der Waals surface area contributed by atoms with Gasteiger partial charge < -0.3 is 19.4 Å². The van der Waals surface area contributed by atoms with Gasteiger partial charge in [-0.2, -0.15) is 13.2 Å². The van der Waals surface area contributed by atoms with Gasteiger partial charge in [0, 0.05) is 90.0 Å². The number of hydrogen-bond acceptors (Lipinski definition) is 8. The van der Waals surface area contributed by atoms with Gasteiger partial charge in [0.2, 0.25) is 11.8 Å². The van der Waals surface area contributed by atoms with Gasteiger partial charge in [-0.25, -0.2) is 18.6 Å². The van der Waals surface area contributed by atoms with Crippen LogP contribution in [-0.4, -0.2) is 122 Å². The molecule has 0 bridgehead atoms. The van der Waals surface area contributed by atoms with E-state index in [9.17, 15) is 27.6 Å². The maximum Gasteiger partial charge on any atom is 0.416 e. The molecule has 16 heteroatoms. The van der Waals surface area contributed by atoms with E-state index >= 15 is 8.78 Å². The smallest absolute Gasteiger partial charge is 0.416 e. The number of alkyl halides is 4. The molecule has 0 aliphatic carbocycles. The number of aromatic nitrogens is 1. The Kier molecular flexibility index (Phi) is 10.5. The van der Waals surface area contributed by atoms with Gasteiger partial charge in [-0.05, 0) is 36.8 Å². The van der Waals surface area contributed by atoms with Gasteiger partial charge in [0.1, 0.15) is 30.5 Å². The normalized spacial score (nSPS) is 23.1. The molecule has 0 radical (unpaired) electrons. The fraction of sp³-hybridized carbons (Fsp3) is 0.474. The lowest BCUT2D eigenvalue weighted by Gasteiger charge is -2.44. The van der Waals surface area contributed by atoms with Crippen LogP contribution in [0.2, 0.25) is 0 Å². The van der Waals surface area contributed by atoms with E-state index in [2.05, 4.69) is 4.98 Å². The average Bonchev–Trinajstić information content (AvgIpc) is 3.31. The van der Waals surface area contributed by atoms with Crippen LogP contribution in [0.25, 0.3) is 0 Å². The summed E-state index contributed by atoms with van der Waals surface area (Å²) < 4.78 is 77.9. The van der Waals surface area contributed by atoms with Crippen molar-refractivity contribution in [2.24, 2.45) is 5.92 Å². The number of carbonyl (C=O) groups excluding carboxylic acids is 3. The summed E-state index contributed by atoms with van der Waals surface area (Å²) in [6.07, 6.45) is -6.45. The zero-order valence-electron chi connectivity index (χ0n) is 30.0. The number of hydrogen-bond donors (Lipinski definition) is 0. The molecule has 5 heterocycles. The number of aryl methyl sites for hydroxylation is 1. The first-order valence-electron chi connectivity index (χ1n) is 18.0. The Labute approximate surface area is 309 Å². The zero-order valence-corrected chi connectivity index (χ0v) is 30.0. The standard InChI is InChI=1S/C38H42F5N7O4/c1-24-15-27(38(41,42)43)17-32(44-24)50-33(51)16-26-18-48(35-30(40)9-6-10-31(35)45(2)36(52)34(26)50)14-12-46-11-13-47(20-28(39)19-46)29-21-49(22-29)37(53)54-23-25-7-4-3-5-8-25/h3-10,15,17,26,28-29,34H,11-14,16,18-23H2,1-2H3/t26-,28+,34+/m1/s1. The fourth-order valence-electron chi connectivity index (χ4n) is 7.95. The van der Waals surface area contributed by atoms with E-state index in [1.54, 1.807) is 15.9 Å². The lowest BCUT2D eigenvalue weighted by Crippen LogP contribution is -2.62. The molecule has 3 atom stereocenters. The van der Waals surface area contributed by atoms with Gasteiger partial charge in [0.25, 0.3) is 0 Å². The Morgan fingerprint density at radius 3 is 2.44 bits per heavy atom. The van der Waals surface area contributed by atoms with Crippen molar-refractivity contribution in [1.29, 1.82) is 0 Å². The molecule has 3 fully saturated rings. The second-order valence-corrected chi connectivity index (χ2v) is 14.5. The molecule has 0 spiro atoms. The summed E-state index contributed by atoms with van der Waals surface area (Å²) in [5, 5.41) is 0. The number of para-hydroxylation sites is 1. The number of rotatable bonds is 7. The lowest BCUT2D eigenvalue weighted by molar-refractivity contribution is -0.137. The van der Waals surface area contributed by atoms with E-state index < -0.39 is 53.6 Å². The minimum Gasteiger partial charge on any atom is -0.445 e. The highest BCUT2D eigenvalue weighted by molar-refractivity contribution is 6.10. The molecule has 11 nitrogen and oxygen atoms in total. The van der Waals surface area contributed by atoms with Crippen LogP contribution >= 0.6 is 0 Å². The van der Waals surface area contributed by atoms with Crippen LogP contribution in [0, 0.1) is 18.7 Å². The van der Waals surface area contributed by atoms with Crippen LogP contribution in [-0.2, 0) is 27.1 Å². The number of likely N-dealkylation sites (N-methyl/N-ethyl adjacent to an activating group) is 1. The molecule has 3 aromatic rings. The third-order valence-corrected chi connectivity index (χ3v) is 10.7. The van der Waals surface area contributed by atoms with Gasteiger partial charge >= 0.3 is 12.3 Å². The Bertz CT molecular complexity index is 1880. The average molecular weight is 756 g/mol. The number of ether oxygens (including phenoxy) is 1. The number of likely N-dealkylation sites (tertiary alicyclic amines) is 1. The van der Waals surface area contributed by atoms with E-state index in [0.717, 1.165) is 22.6 Å². The second-order valence-electron chi connectivity index (χ2n) is 14.5. The van der Waals surface area contributed by atoms with Crippen LogP contribution in [0.4, 0.5) is 43.9 Å². The molecule has 288 valence electrons. The van der Waals surface area contributed by atoms with Crippen molar-refractivity contribution in [3.05, 3.63) is 83.3 Å². The fourth-order valence-corrected chi connectivity index (χ4v) is 7.95. The van der Waals surface area contributed by atoms with Gasteiger partial charge in [-0.15, -0.1) is 0 Å². The van der Waals surface area contributed by atoms with E-state index in [4.69, 9.17) is 4.74 Å². The molecule has 54 heavy (non-hydrogen) atoms. The summed E-state index contributed by atoms with van der Waals surface area (Å²) in [5.74, 6) is -2.68. The summed E-state index contributed by atoms with van der Waals surface area (Å²) in [7, 11) is 1.45. The van der Waals surface area contributed by atoms with Crippen molar-refractivity contribution in [1.82, 2.24) is 19.7 Å². The Hall–Kier alpha value is -4.83. The zero-order chi connectivity index (χ0) is 38.3. The van der Waals surface area contributed by atoms with Gasteiger partial charge in [-0.1, -0.05) is 36.4 Å². The van der Waals surface area contributed by atoms with Crippen molar-refractivity contribution < 1.29 is 41.1 Å². The number of benzene rings is 2. The quantitative estimate of drug-likeness (QED) is 0.320. The highest BCUT2D eigenvalue weighted by atomic mass is 19.4. The van der Waals surface area contributed by atoms with Crippen molar-refractivity contribution in [2.75, 3.05) is 80.7 Å². The molecule has 0 saturated carbocycles. The SMILES string of the molecule is Cc1cc(C(F)(F)F)cc(N2C(=O)C[C@@H]3CN(CCN4CCN(C5CN(C(=O)OCc6ccccc6)C5)C[C@@H](F)C4)c4c(F)cccc4N(C)C(=O)[C@H]32)n1. The van der Waals surface area contributed by atoms with E-state index in [1.165, 1.54) is 31.0 Å². The Morgan fingerprint density at radius 2 is 1.70 bits per heavy atom. The molecule has 3 saturated heterocycles. The van der Waals surface area contributed by atoms with E-state index in [1.807, 2.05) is 40.1 Å². The van der Waals surface area contributed by atoms with Crippen LogP contribution < -0.4 is 14.7 Å². The molecule has 2 aromatic carbocycles. The summed E-state index contributed by atoms with van der Waals surface area (Å²) in [6.45, 7) is 4.46. The predicted octanol–water partition coefficient (Wildman–Crippen LogP) is 4.73. The molecule has 3 amide bonds. The number of carbonyl (C=O) groups is 3. The molecular weight excluding hydrogens is 713 g/mol. The molecule has 4 aliphatic rings. The lowest BCUT2D eigenvalue weighted by atomic mass is 9.95. The largest absolute Gasteiger partial charge is 0.445 e. The van der Waals surface area contributed by atoms with Gasteiger partial charge in [0.05, 0.1) is 16.9 Å². The maximum atomic E-state index is 15.7. The number of fused-ring (bicyclic) bond motifs is 2. The van der Waals surface area contributed by atoms with E-state index in [-0.39, 0.29) is 68.1 Å². The van der Waals surface area contributed by atoms with Gasteiger partial charge in [-0.3, -0.25) is 24.3 Å². The monoisotopic (exact) mass is 755 g/mol. The Balaban J connectivity index is 1.03. The topological polar surface area (TPSA) is 92.8 Å². The third-order valence-electron chi connectivity index (χ3n) is 10.7. The highest BCUT2D eigenvalue weighted by Gasteiger charge is 2.49. The third kappa shape index (κ3) is 7.71. The van der Waals surface area contributed by atoms with Crippen LogP contribution in [0.15, 0.2) is 60.7 Å². The van der Waals surface area contributed by atoms with Crippen LogP contribution in [0.5, 0.6) is 0 Å². The number of anilines is 3. The summed E-state index contributed by atoms with van der Waals surface area (Å²) in [5.41, 5.74) is 0.343. The molecule has 0 N–H and O–H groups in total. The molecular formula is C38H42F5N7O4. The first-order chi connectivity index (χ1) is 25.8. The summed E-state index contributed by atoms with van der Waals surface area (Å²) >= 11 is 0. The molecule has 4 aliphatic heterocycles. The van der Waals surface area contributed by atoms with Crippen LogP contribution in [0.3, 0.4) is 0 Å². The number of nitrogens with zero attached hydrogens (tertiary/aromatic N) is 7. The predicted molar refractivity (Wildman–Crippen MR) is 190 cm³/mol. The Morgan fingerprint density at radius 1 is 0.944 bits per heavy atom. The maximum absolute atomic E-state index is 15.7. The molecule has 1 aromatic heterocycles. The number of halogens is 5. The van der Waals surface area contributed by atoms with Crippen molar-refractivity contribution in [3.63, 3.8) is 0 Å². The van der Waals surface area contributed by atoms with Crippen molar-refractivity contribution in [3.8, 4) is 0 Å². The minimum absolute atomic E-state index is 0.00855.